The van der Waals surface area contributed by atoms with E-state index in [9.17, 15) is 14.4 Å². The van der Waals surface area contributed by atoms with Crippen LogP contribution in [0, 0.1) is 0 Å². The molecule has 200 valence electrons. The summed E-state index contributed by atoms with van der Waals surface area (Å²) in [6, 6.07) is 12.6. The highest BCUT2D eigenvalue weighted by Crippen LogP contribution is 2.33. The van der Waals surface area contributed by atoms with Gasteiger partial charge in [-0.1, -0.05) is 31.4 Å². The van der Waals surface area contributed by atoms with Gasteiger partial charge in [0, 0.05) is 42.5 Å². The Morgan fingerprint density at radius 2 is 1.90 bits per heavy atom. The molecule has 8 heteroatoms. The van der Waals surface area contributed by atoms with Crippen molar-refractivity contribution in [3.05, 3.63) is 108 Å². The highest BCUT2D eigenvalue weighted by atomic mass is 16.5. The van der Waals surface area contributed by atoms with Crippen LogP contribution in [0.4, 0.5) is 5.69 Å². The Kier molecular flexibility index (Phi) is 7.36. The van der Waals surface area contributed by atoms with Crippen LogP contribution in [0.25, 0.3) is 0 Å². The van der Waals surface area contributed by atoms with Crippen LogP contribution in [0.1, 0.15) is 46.0 Å². The lowest BCUT2D eigenvalue weighted by Crippen LogP contribution is -2.33. The largest absolute Gasteiger partial charge is 0.482 e. The predicted octanol–water partition coefficient (Wildman–Crippen LogP) is 4.40. The van der Waals surface area contributed by atoms with Crippen molar-refractivity contribution in [2.45, 2.75) is 32.4 Å². The van der Waals surface area contributed by atoms with E-state index in [1.807, 2.05) is 36.1 Å². The number of carbonyl (C=O) groups is 3. The predicted molar refractivity (Wildman–Crippen MR) is 150 cm³/mol. The number of benzene rings is 2. The third-order valence-corrected chi connectivity index (χ3v) is 7.06. The van der Waals surface area contributed by atoms with Crippen LogP contribution in [-0.4, -0.2) is 53.3 Å². The molecule has 2 aromatic rings. The van der Waals surface area contributed by atoms with Gasteiger partial charge in [0.1, 0.15) is 5.75 Å². The van der Waals surface area contributed by atoms with Crippen molar-refractivity contribution in [2.24, 2.45) is 0 Å². The summed E-state index contributed by atoms with van der Waals surface area (Å²) >= 11 is 0. The van der Waals surface area contributed by atoms with E-state index in [0.717, 1.165) is 42.6 Å². The fourth-order valence-corrected chi connectivity index (χ4v) is 4.68. The first-order chi connectivity index (χ1) is 18.8. The molecule has 2 heterocycles. The third kappa shape index (κ3) is 5.95. The summed E-state index contributed by atoms with van der Waals surface area (Å²) in [6.45, 7) is 11.6. The molecule has 39 heavy (non-hydrogen) atoms. The first kappa shape index (κ1) is 26.0. The van der Waals surface area contributed by atoms with Crippen molar-refractivity contribution >= 4 is 23.4 Å². The summed E-state index contributed by atoms with van der Waals surface area (Å²) in [4.78, 5) is 41.8. The average Bonchev–Trinajstić information content (AvgIpc) is 3.73. The SMILES string of the molecule is C=CN1CC(=C)/C(=C\C(=C/C)NC(=O)c2ccc(CN(C(=O)c3ccc4c(c3)OCC(=O)N4)C3CC3)cc2)C1. The minimum absolute atomic E-state index is 0.0624. The average molecular weight is 525 g/mol. The Morgan fingerprint density at radius 3 is 2.56 bits per heavy atom. The van der Waals surface area contributed by atoms with E-state index in [0.29, 0.717) is 34.8 Å². The smallest absolute Gasteiger partial charge is 0.262 e. The molecule has 0 radical (unpaired) electrons. The maximum Gasteiger partial charge on any atom is 0.262 e. The van der Waals surface area contributed by atoms with Gasteiger partial charge in [-0.05, 0) is 79.1 Å². The van der Waals surface area contributed by atoms with Gasteiger partial charge in [-0.15, -0.1) is 0 Å². The van der Waals surface area contributed by atoms with Crippen molar-refractivity contribution in [3.8, 4) is 5.75 Å². The van der Waals surface area contributed by atoms with Gasteiger partial charge >= 0.3 is 0 Å². The van der Waals surface area contributed by atoms with E-state index in [4.69, 9.17) is 4.74 Å². The summed E-state index contributed by atoms with van der Waals surface area (Å²) in [5, 5.41) is 5.72. The van der Waals surface area contributed by atoms with Crippen LogP contribution < -0.4 is 15.4 Å². The number of allylic oxidation sites excluding steroid dienone is 2. The van der Waals surface area contributed by atoms with Gasteiger partial charge in [-0.3, -0.25) is 14.4 Å². The van der Waals surface area contributed by atoms with E-state index in [1.54, 1.807) is 36.5 Å². The molecule has 1 saturated carbocycles. The molecule has 0 spiro atoms. The number of ether oxygens (including phenoxy) is 1. The van der Waals surface area contributed by atoms with Crippen LogP contribution >= 0.6 is 0 Å². The molecule has 3 aliphatic rings. The molecular weight excluding hydrogens is 492 g/mol. The zero-order chi connectivity index (χ0) is 27.5. The second-order valence-corrected chi connectivity index (χ2v) is 9.97. The molecule has 2 aromatic carbocycles. The van der Waals surface area contributed by atoms with E-state index >= 15 is 0 Å². The van der Waals surface area contributed by atoms with Crippen LogP contribution in [-0.2, 0) is 11.3 Å². The number of nitrogens with one attached hydrogen (secondary N) is 2. The second-order valence-electron chi connectivity index (χ2n) is 9.97. The summed E-state index contributed by atoms with van der Waals surface area (Å²) < 4.78 is 5.49. The Morgan fingerprint density at radius 1 is 1.15 bits per heavy atom. The van der Waals surface area contributed by atoms with Crippen molar-refractivity contribution in [1.82, 2.24) is 15.1 Å². The Balaban J connectivity index is 1.24. The Hall–Kier alpha value is -4.59. The zero-order valence-corrected chi connectivity index (χ0v) is 22.0. The van der Waals surface area contributed by atoms with E-state index in [1.165, 1.54) is 0 Å². The maximum atomic E-state index is 13.4. The van der Waals surface area contributed by atoms with Crippen LogP contribution in [0.3, 0.4) is 0 Å². The van der Waals surface area contributed by atoms with Gasteiger partial charge in [0.05, 0.1) is 5.69 Å². The number of hydrogen-bond acceptors (Lipinski definition) is 5. The quantitative estimate of drug-likeness (QED) is 0.534. The molecule has 1 saturated heterocycles. The molecule has 5 rings (SSSR count). The molecule has 8 nitrogen and oxygen atoms in total. The van der Waals surface area contributed by atoms with Crippen molar-refractivity contribution < 1.29 is 19.1 Å². The zero-order valence-electron chi connectivity index (χ0n) is 22.0. The van der Waals surface area contributed by atoms with Gasteiger partial charge in [0.25, 0.3) is 17.7 Å². The van der Waals surface area contributed by atoms with Gasteiger partial charge < -0.3 is 25.2 Å². The van der Waals surface area contributed by atoms with E-state index in [-0.39, 0.29) is 30.4 Å². The number of fused-ring (bicyclic) bond motifs is 1. The lowest BCUT2D eigenvalue weighted by molar-refractivity contribution is -0.118. The summed E-state index contributed by atoms with van der Waals surface area (Å²) in [5.74, 6) is -0.00121. The molecule has 2 aliphatic heterocycles. The molecular formula is C31H32N4O4. The molecule has 2 N–H and O–H groups in total. The molecule has 3 amide bonds. The highest BCUT2D eigenvalue weighted by molar-refractivity contribution is 5.99. The van der Waals surface area contributed by atoms with Crippen molar-refractivity contribution in [3.63, 3.8) is 0 Å². The summed E-state index contributed by atoms with van der Waals surface area (Å²) in [5.41, 5.74) is 5.35. The number of likely N-dealkylation sites (tertiary alicyclic amines) is 1. The van der Waals surface area contributed by atoms with Crippen LogP contribution in [0.2, 0.25) is 0 Å². The number of anilines is 1. The minimum Gasteiger partial charge on any atom is -0.482 e. The molecule has 2 fully saturated rings. The monoisotopic (exact) mass is 524 g/mol. The summed E-state index contributed by atoms with van der Waals surface area (Å²) in [7, 11) is 0. The molecule has 0 bridgehead atoms. The third-order valence-electron chi connectivity index (χ3n) is 7.06. The fraction of sp³-hybridized carbons (Fsp3) is 0.258. The number of hydrogen-bond donors (Lipinski definition) is 2. The Bertz CT molecular complexity index is 1400. The van der Waals surface area contributed by atoms with Crippen LogP contribution in [0.15, 0.2) is 90.8 Å². The van der Waals surface area contributed by atoms with Gasteiger partial charge in [-0.25, -0.2) is 0 Å². The summed E-state index contributed by atoms with van der Waals surface area (Å²) in [6.07, 6.45) is 7.53. The minimum atomic E-state index is -0.211. The van der Waals surface area contributed by atoms with Gasteiger partial charge in [0.15, 0.2) is 6.61 Å². The number of nitrogens with zero attached hydrogens (tertiary/aromatic N) is 2. The maximum absolute atomic E-state index is 13.4. The number of amides is 3. The Labute approximate surface area is 228 Å². The van der Waals surface area contributed by atoms with Crippen LogP contribution in [0.5, 0.6) is 5.75 Å². The molecule has 0 atom stereocenters. The molecule has 1 aliphatic carbocycles. The lowest BCUT2D eigenvalue weighted by atomic mass is 10.1. The second kappa shape index (κ2) is 11.0. The molecule has 0 aromatic heterocycles. The van der Waals surface area contributed by atoms with Crippen molar-refractivity contribution in [2.75, 3.05) is 25.0 Å². The first-order valence-electron chi connectivity index (χ1n) is 13.0. The highest BCUT2D eigenvalue weighted by Gasteiger charge is 2.33. The topological polar surface area (TPSA) is 91.0 Å². The lowest BCUT2D eigenvalue weighted by Gasteiger charge is -2.24. The normalized spacial score (nSPS) is 17.8. The van der Waals surface area contributed by atoms with Crippen molar-refractivity contribution in [1.29, 1.82) is 0 Å². The van der Waals surface area contributed by atoms with E-state index < -0.39 is 0 Å². The number of carbonyl (C=O) groups excluding carboxylic acids is 3. The number of rotatable bonds is 8. The van der Waals surface area contributed by atoms with Gasteiger partial charge in [-0.2, -0.15) is 0 Å². The first-order valence-corrected chi connectivity index (χ1v) is 13.0. The standard InChI is InChI=1S/C31H32N4O4/c1-4-25(14-24-18-34(5-2)16-20(24)3)32-30(37)22-8-6-21(7-9-22)17-35(26-11-12-26)31(38)23-10-13-27-28(15-23)39-19-29(36)33-27/h4-10,13-15,26H,2-3,11-12,16-19H2,1H3,(H,32,37)(H,33,36)/b24-14-,25-4+. The van der Waals surface area contributed by atoms with Gasteiger partial charge in [0.2, 0.25) is 0 Å². The molecule has 0 unspecified atom stereocenters. The van der Waals surface area contributed by atoms with E-state index in [2.05, 4.69) is 28.7 Å². The fourth-order valence-electron chi connectivity index (χ4n) is 4.68.